The lowest BCUT2D eigenvalue weighted by molar-refractivity contribution is 0.0984. The van der Waals surface area contributed by atoms with Crippen molar-refractivity contribution in [2.24, 2.45) is 0 Å². The first-order chi connectivity index (χ1) is 15.9. The second-order valence-corrected chi connectivity index (χ2v) is 7.70. The molecule has 4 aromatic rings. The number of aromatic amines is 1. The molecule has 0 aliphatic carbocycles. The Bertz CT molecular complexity index is 1380. The van der Waals surface area contributed by atoms with Crippen molar-refractivity contribution in [1.29, 1.82) is 0 Å². The minimum Gasteiger partial charge on any atom is -0.383 e. The summed E-state index contributed by atoms with van der Waals surface area (Å²) in [6.45, 7) is 0.185. The normalized spacial score (nSPS) is 10.7. The number of rotatable bonds is 6. The van der Waals surface area contributed by atoms with Gasteiger partial charge in [-0.15, -0.1) is 0 Å². The number of carbonyl (C=O) groups is 1. The van der Waals surface area contributed by atoms with Gasteiger partial charge in [0.15, 0.2) is 5.69 Å². The number of hydrogen-bond donors (Lipinski definition) is 2. The fourth-order valence-corrected chi connectivity index (χ4v) is 3.55. The quantitative estimate of drug-likeness (QED) is 0.428. The molecule has 1 amide bonds. The summed E-state index contributed by atoms with van der Waals surface area (Å²) in [6, 6.07) is 21.3. The third-order valence-electron chi connectivity index (χ3n) is 5.07. The highest BCUT2D eigenvalue weighted by molar-refractivity contribution is 6.29. The van der Waals surface area contributed by atoms with Crippen LogP contribution in [0.4, 0.5) is 11.5 Å². The zero-order chi connectivity index (χ0) is 23.4. The van der Waals surface area contributed by atoms with Gasteiger partial charge in [0, 0.05) is 6.20 Å². The summed E-state index contributed by atoms with van der Waals surface area (Å²) in [5.41, 5.74) is 6.61. The summed E-state index contributed by atoms with van der Waals surface area (Å²) in [5, 5.41) is 0.231. The number of amides is 1. The number of nitrogen functional groups attached to an aromatic ring is 1. The Morgan fingerprint density at radius 1 is 0.970 bits per heavy atom. The predicted molar refractivity (Wildman–Crippen MR) is 127 cm³/mol. The van der Waals surface area contributed by atoms with Crippen molar-refractivity contribution in [1.82, 2.24) is 14.5 Å². The van der Waals surface area contributed by atoms with Crippen LogP contribution in [0.5, 0.6) is 0 Å². The number of nitrogens with two attached hydrogens (primary N) is 1. The summed E-state index contributed by atoms with van der Waals surface area (Å²) in [7, 11) is 0. The van der Waals surface area contributed by atoms with Crippen molar-refractivity contribution in [3.8, 4) is 0 Å². The van der Waals surface area contributed by atoms with Crippen molar-refractivity contribution < 1.29 is 4.79 Å². The Morgan fingerprint density at radius 2 is 1.61 bits per heavy atom. The molecule has 2 heterocycles. The Balaban J connectivity index is 1.84. The maximum absolute atomic E-state index is 13.5. The van der Waals surface area contributed by atoms with Crippen LogP contribution < -0.4 is 21.9 Å². The van der Waals surface area contributed by atoms with E-state index in [4.69, 9.17) is 17.3 Å². The fraction of sp³-hybridized carbons (Fsp3) is 0.0833. The number of nitrogens with one attached hydrogen (secondary N) is 1. The van der Waals surface area contributed by atoms with Gasteiger partial charge in [-0.1, -0.05) is 72.3 Å². The van der Waals surface area contributed by atoms with Gasteiger partial charge in [-0.3, -0.25) is 24.0 Å². The van der Waals surface area contributed by atoms with Crippen molar-refractivity contribution in [3.63, 3.8) is 0 Å². The van der Waals surface area contributed by atoms with E-state index in [9.17, 15) is 14.4 Å². The Kier molecular flexibility index (Phi) is 6.37. The molecule has 0 unspecified atom stereocenters. The lowest BCUT2D eigenvalue weighted by Crippen LogP contribution is -2.41. The van der Waals surface area contributed by atoms with Crippen LogP contribution in [0.3, 0.4) is 0 Å². The largest absolute Gasteiger partial charge is 0.383 e. The first-order valence-electron chi connectivity index (χ1n) is 10.1. The van der Waals surface area contributed by atoms with Gasteiger partial charge in [-0.2, -0.15) is 0 Å². The molecule has 0 fully saturated rings. The number of benzene rings is 2. The highest BCUT2D eigenvalue weighted by atomic mass is 35.5. The molecule has 0 aliphatic heterocycles. The number of carbonyl (C=O) groups excluding carboxylic acids is 1. The summed E-state index contributed by atoms with van der Waals surface area (Å²) in [5.74, 6) is -0.621. The Hall–Kier alpha value is -4.17. The fourth-order valence-electron chi connectivity index (χ4n) is 3.44. The molecule has 166 valence electrons. The molecule has 0 radical (unpaired) electrons. The molecule has 0 aliphatic rings. The van der Waals surface area contributed by atoms with Gasteiger partial charge in [0.1, 0.15) is 11.0 Å². The van der Waals surface area contributed by atoms with Crippen LogP contribution in [-0.2, 0) is 13.1 Å². The van der Waals surface area contributed by atoms with E-state index in [1.165, 1.54) is 27.8 Å². The molecule has 2 aromatic carbocycles. The second kappa shape index (κ2) is 9.54. The lowest BCUT2D eigenvalue weighted by atomic mass is 10.1. The van der Waals surface area contributed by atoms with Crippen LogP contribution in [0.1, 0.15) is 21.5 Å². The van der Waals surface area contributed by atoms with Gasteiger partial charge in [-0.05, 0) is 23.3 Å². The number of pyridine rings is 1. The zero-order valence-electron chi connectivity index (χ0n) is 17.4. The van der Waals surface area contributed by atoms with Gasteiger partial charge in [-0.25, -0.2) is 9.78 Å². The molecule has 33 heavy (non-hydrogen) atoms. The van der Waals surface area contributed by atoms with E-state index in [1.807, 2.05) is 60.7 Å². The number of nitrogens with zero attached hydrogens (tertiary/aromatic N) is 3. The molecule has 0 saturated carbocycles. The summed E-state index contributed by atoms with van der Waals surface area (Å²) in [4.78, 5) is 46.4. The first kappa shape index (κ1) is 22.0. The lowest BCUT2D eigenvalue weighted by Gasteiger charge is -2.25. The SMILES string of the molecule is Nc1c(N(Cc2ccccc2)C(=O)c2ccc(Cl)nc2)c(=O)[nH]c(=O)n1Cc1ccccc1. The predicted octanol–water partition coefficient (Wildman–Crippen LogP) is 3.06. The van der Waals surface area contributed by atoms with Gasteiger partial charge in [0.05, 0.1) is 18.7 Å². The number of hydrogen-bond acceptors (Lipinski definition) is 5. The van der Waals surface area contributed by atoms with Crippen molar-refractivity contribution in [3.05, 3.63) is 122 Å². The highest BCUT2D eigenvalue weighted by Gasteiger charge is 2.26. The monoisotopic (exact) mass is 461 g/mol. The van der Waals surface area contributed by atoms with Crippen LogP contribution in [0.25, 0.3) is 0 Å². The number of anilines is 2. The molecular weight excluding hydrogens is 442 g/mol. The first-order valence-corrected chi connectivity index (χ1v) is 10.5. The van der Waals surface area contributed by atoms with E-state index in [1.54, 1.807) is 0 Å². The van der Waals surface area contributed by atoms with E-state index in [2.05, 4.69) is 9.97 Å². The zero-order valence-corrected chi connectivity index (χ0v) is 18.2. The van der Waals surface area contributed by atoms with Crippen LogP contribution in [-0.4, -0.2) is 20.4 Å². The molecule has 2 aromatic heterocycles. The van der Waals surface area contributed by atoms with E-state index < -0.39 is 17.2 Å². The molecule has 3 N–H and O–H groups in total. The smallest absolute Gasteiger partial charge is 0.330 e. The van der Waals surface area contributed by atoms with Crippen LogP contribution >= 0.6 is 11.6 Å². The third-order valence-corrected chi connectivity index (χ3v) is 5.29. The molecule has 0 saturated heterocycles. The maximum atomic E-state index is 13.5. The number of halogens is 1. The Morgan fingerprint density at radius 3 is 2.21 bits per heavy atom. The van der Waals surface area contributed by atoms with Crippen molar-refractivity contribution in [2.75, 3.05) is 10.6 Å². The van der Waals surface area contributed by atoms with E-state index in [0.717, 1.165) is 11.1 Å². The second-order valence-electron chi connectivity index (χ2n) is 7.31. The average molecular weight is 462 g/mol. The minimum absolute atomic E-state index is 0.0547. The molecule has 9 heteroatoms. The number of H-pyrrole nitrogens is 1. The van der Waals surface area contributed by atoms with E-state index in [0.29, 0.717) is 0 Å². The Labute approximate surface area is 193 Å². The third kappa shape index (κ3) is 4.86. The molecule has 0 bridgehead atoms. The average Bonchev–Trinajstić information content (AvgIpc) is 2.82. The molecule has 0 spiro atoms. The highest BCUT2D eigenvalue weighted by Crippen LogP contribution is 2.23. The van der Waals surface area contributed by atoms with Gasteiger partial charge in [0.25, 0.3) is 11.5 Å². The molecule has 0 atom stereocenters. The summed E-state index contributed by atoms with van der Waals surface area (Å²) >= 11 is 5.86. The summed E-state index contributed by atoms with van der Waals surface area (Å²) < 4.78 is 1.23. The molecule has 8 nitrogen and oxygen atoms in total. The van der Waals surface area contributed by atoms with Crippen LogP contribution in [0.15, 0.2) is 88.6 Å². The van der Waals surface area contributed by atoms with E-state index >= 15 is 0 Å². The van der Waals surface area contributed by atoms with Crippen molar-refractivity contribution in [2.45, 2.75) is 13.1 Å². The molecular formula is C24H20ClN5O3. The molecule has 4 rings (SSSR count). The van der Waals surface area contributed by atoms with Crippen LogP contribution in [0, 0.1) is 0 Å². The topological polar surface area (TPSA) is 114 Å². The van der Waals surface area contributed by atoms with Gasteiger partial charge >= 0.3 is 5.69 Å². The summed E-state index contributed by atoms with van der Waals surface area (Å²) in [6.07, 6.45) is 1.33. The van der Waals surface area contributed by atoms with Crippen LogP contribution in [0.2, 0.25) is 5.15 Å². The van der Waals surface area contributed by atoms with Gasteiger partial charge in [0.2, 0.25) is 0 Å². The standard InChI is InChI=1S/C24H20ClN5O3/c25-19-12-11-18(13-27-19)23(32)29(14-16-7-3-1-4-8-16)20-21(26)30(24(33)28-22(20)31)15-17-9-5-2-6-10-17/h1-13H,14-15,26H2,(H,28,31,33). The number of aromatic nitrogens is 3. The minimum atomic E-state index is -0.756. The maximum Gasteiger partial charge on any atom is 0.330 e. The van der Waals surface area contributed by atoms with E-state index in [-0.39, 0.29) is 35.3 Å². The van der Waals surface area contributed by atoms with Crippen molar-refractivity contribution >= 4 is 29.0 Å². The van der Waals surface area contributed by atoms with Gasteiger partial charge < -0.3 is 5.73 Å².